The minimum Gasteiger partial charge on any atom is -0.480 e. The molecule has 2 aliphatic heterocycles. The van der Waals surface area contributed by atoms with E-state index in [0.29, 0.717) is 18.8 Å². The molecule has 0 spiro atoms. The fourth-order valence-electron chi connectivity index (χ4n) is 3.59. The molecule has 1 saturated heterocycles. The molecule has 1 aromatic carbocycles. The second-order valence-electron chi connectivity index (χ2n) is 6.95. The average molecular weight is 352 g/mol. The van der Waals surface area contributed by atoms with Crippen LogP contribution in [-0.4, -0.2) is 35.1 Å². The molecule has 1 unspecified atom stereocenters. The van der Waals surface area contributed by atoms with Crippen LogP contribution in [0, 0.1) is 6.92 Å². The lowest BCUT2D eigenvalue weighted by atomic mass is 10.0. The van der Waals surface area contributed by atoms with Gasteiger partial charge in [-0.2, -0.15) is 0 Å². The maximum absolute atomic E-state index is 12.5. The summed E-state index contributed by atoms with van der Waals surface area (Å²) in [7, 11) is 0. The molecule has 1 fully saturated rings. The van der Waals surface area contributed by atoms with Crippen LogP contribution in [-0.2, 0) is 17.8 Å². The van der Waals surface area contributed by atoms with E-state index in [9.17, 15) is 4.79 Å². The molecule has 0 radical (unpaired) electrons. The molecule has 4 rings (SSSR count). The summed E-state index contributed by atoms with van der Waals surface area (Å²) in [6.07, 6.45) is 3.50. The SMILES string of the molecule is Cc1cc(N2CCCC2)nc(CNC(=O)C2CCc3ccccc3O2)n1. The molecule has 136 valence electrons. The quantitative estimate of drug-likeness (QED) is 0.915. The summed E-state index contributed by atoms with van der Waals surface area (Å²) in [5, 5.41) is 2.94. The Morgan fingerprint density at radius 2 is 2.08 bits per heavy atom. The number of para-hydroxylation sites is 1. The van der Waals surface area contributed by atoms with Gasteiger partial charge in [0.1, 0.15) is 17.4 Å². The zero-order chi connectivity index (χ0) is 17.9. The molecule has 2 aromatic rings. The monoisotopic (exact) mass is 352 g/mol. The Kier molecular flexibility index (Phi) is 4.73. The van der Waals surface area contributed by atoms with Crippen molar-refractivity contribution < 1.29 is 9.53 Å². The lowest BCUT2D eigenvalue weighted by Crippen LogP contribution is -2.40. The van der Waals surface area contributed by atoms with Crippen LogP contribution in [0.15, 0.2) is 30.3 Å². The van der Waals surface area contributed by atoms with Crippen molar-refractivity contribution in [3.8, 4) is 5.75 Å². The van der Waals surface area contributed by atoms with Gasteiger partial charge in [0, 0.05) is 24.8 Å². The van der Waals surface area contributed by atoms with E-state index in [1.54, 1.807) is 0 Å². The van der Waals surface area contributed by atoms with E-state index in [4.69, 9.17) is 4.74 Å². The second kappa shape index (κ2) is 7.32. The van der Waals surface area contributed by atoms with E-state index in [0.717, 1.165) is 42.3 Å². The van der Waals surface area contributed by atoms with Crippen molar-refractivity contribution in [1.82, 2.24) is 15.3 Å². The van der Waals surface area contributed by atoms with E-state index >= 15 is 0 Å². The first-order valence-corrected chi connectivity index (χ1v) is 9.31. The van der Waals surface area contributed by atoms with Crippen LogP contribution in [0.5, 0.6) is 5.75 Å². The molecule has 1 amide bonds. The van der Waals surface area contributed by atoms with Gasteiger partial charge in [0.2, 0.25) is 0 Å². The highest BCUT2D eigenvalue weighted by atomic mass is 16.5. The van der Waals surface area contributed by atoms with Crippen molar-refractivity contribution >= 4 is 11.7 Å². The molecule has 0 saturated carbocycles. The highest BCUT2D eigenvalue weighted by Gasteiger charge is 2.26. The first-order valence-electron chi connectivity index (χ1n) is 9.31. The lowest BCUT2D eigenvalue weighted by Gasteiger charge is -2.25. The van der Waals surface area contributed by atoms with Gasteiger partial charge in [-0.15, -0.1) is 0 Å². The van der Waals surface area contributed by atoms with Gasteiger partial charge in [0.25, 0.3) is 5.91 Å². The van der Waals surface area contributed by atoms with Crippen molar-refractivity contribution in [2.45, 2.75) is 45.3 Å². The third-order valence-electron chi connectivity index (χ3n) is 4.95. The summed E-state index contributed by atoms with van der Waals surface area (Å²) in [4.78, 5) is 23.9. The highest BCUT2D eigenvalue weighted by molar-refractivity contribution is 5.81. The van der Waals surface area contributed by atoms with E-state index in [1.807, 2.05) is 37.3 Å². The summed E-state index contributed by atoms with van der Waals surface area (Å²) in [6, 6.07) is 9.90. The molecule has 2 aliphatic rings. The fraction of sp³-hybridized carbons (Fsp3) is 0.450. The number of carbonyl (C=O) groups excluding carboxylic acids is 1. The third kappa shape index (κ3) is 3.64. The van der Waals surface area contributed by atoms with Crippen LogP contribution in [0.25, 0.3) is 0 Å². The molecule has 0 bridgehead atoms. The maximum Gasteiger partial charge on any atom is 0.261 e. The van der Waals surface area contributed by atoms with Crippen molar-refractivity contribution in [2.75, 3.05) is 18.0 Å². The number of anilines is 1. The maximum atomic E-state index is 12.5. The van der Waals surface area contributed by atoms with Gasteiger partial charge < -0.3 is 15.0 Å². The Morgan fingerprint density at radius 1 is 1.27 bits per heavy atom. The number of aryl methyl sites for hydroxylation is 2. The largest absolute Gasteiger partial charge is 0.480 e. The summed E-state index contributed by atoms with van der Waals surface area (Å²) < 4.78 is 5.85. The number of fused-ring (bicyclic) bond motifs is 1. The molecule has 6 nitrogen and oxygen atoms in total. The highest BCUT2D eigenvalue weighted by Crippen LogP contribution is 2.27. The van der Waals surface area contributed by atoms with Crippen LogP contribution in [0.4, 0.5) is 5.82 Å². The van der Waals surface area contributed by atoms with Crippen LogP contribution < -0.4 is 15.0 Å². The van der Waals surface area contributed by atoms with Crippen molar-refractivity contribution in [3.63, 3.8) is 0 Å². The zero-order valence-corrected chi connectivity index (χ0v) is 15.1. The molecule has 1 atom stereocenters. The topological polar surface area (TPSA) is 67.4 Å². The number of hydrogen-bond acceptors (Lipinski definition) is 5. The number of rotatable bonds is 4. The summed E-state index contributed by atoms with van der Waals surface area (Å²) in [5.74, 6) is 2.31. The molecule has 0 aliphatic carbocycles. The van der Waals surface area contributed by atoms with Gasteiger partial charge >= 0.3 is 0 Å². The number of ether oxygens (including phenoxy) is 1. The predicted molar refractivity (Wildman–Crippen MR) is 99.2 cm³/mol. The number of nitrogens with zero attached hydrogens (tertiary/aromatic N) is 3. The number of carbonyl (C=O) groups is 1. The van der Waals surface area contributed by atoms with Gasteiger partial charge in [-0.25, -0.2) is 9.97 Å². The Labute approximate surface area is 153 Å². The number of nitrogens with one attached hydrogen (secondary N) is 1. The van der Waals surface area contributed by atoms with Gasteiger partial charge in [0.05, 0.1) is 6.54 Å². The first kappa shape index (κ1) is 16.8. The average Bonchev–Trinajstić information content (AvgIpc) is 3.20. The first-order chi connectivity index (χ1) is 12.7. The molecule has 1 N–H and O–H groups in total. The number of aromatic nitrogens is 2. The Morgan fingerprint density at radius 3 is 2.92 bits per heavy atom. The van der Waals surface area contributed by atoms with Crippen LogP contribution >= 0.6 is 0 Å². The molecule has 3 heterocycles. The van der Waals surface area contributed by atoms with Crippen LogP contribution in [0.1, 0.15) is 36.3 Å². The van der Waals surface area contributed by atoms with E-state index < -0.39 is 6.10 Å². The van der Waals surface area contributed by atoms with Crippen molar-refractivity contribution in [1.29, 1.82) is 0 Å². The van der Waals surface area contributed by atoms with Crippen LogP contribution in [0.2, 0.25) is 0 Å². The Bertz CT molecular complexity index is 802. The second-order valence-corrected chi connectivity index (χ2v) is 6.95. The van der Waals surface area contributed by atoms with Gasteiger partial charge in [-0.05, 0) is 44.2 Å². The summed E-state index contributed by atoms with van der Waals surface area (Å²) >= 11 is 0. The van der Waals surface area contributed by atoms with E-state index in [-0.39, 0.29) is 5.91 Å². The van der Waals surface area contributed by atoms with Gasteiger partial charge in [-0.3, -0.25) is 4.79 Å². The Hall–Kier alpha value is -2.63. The molecule has 1 aromatic heterocycles. The number of benzene rings is 1. The predicted octanol–water partition coefficient (Wildman–Crippen LogP) is 2.40. The summed E-state index contributed by atoms with van der Waals surface area (Å²) in [5.41, 5.74) is 2.09. The van der Waals surface area contributed by atoms with E-state index in [2.05, 4.69) is 20.2 Å². The zero-order valence-electron chi connectivity index (χ0n) is 15.1. The standard InChI is InChI=1S/C20H24N4O2/c1-14-12-19(24-10-4-5-11-24)23-18(22-14)13-21-20(25)17-9-8-15-6-2-3-7-16(15)26-17/h2-3,6-7,12,17H,4-5,8-11,13H2,1H3,(H,21,25). The molecular weight excluding hydrogens is 328 g/mol. The lowest BCUT2D eigenvalue weighted by molar-refractivity contribution is -0.128. The molecular formula is C20H24N4O2. The fourth-order valence-corrected chi connectivity index (χ4v) is 3.59. The smallest absolute Gasteiger partial charge is 0.261 e. The van der Waals surface area contributed by atoms with E-state index in [1.165, 1.54) is 12.8 Å². The van der Waals surface area contributed by atoms with Gasteiger partial charge in [0.15, 0.2) is 6.10 Å². The normalized spacial score (nSPS) is 19.0. The Balaban J connectivity index is 1.39. The number of hydrogen-bond donors (Lipinski definition) is 1. The minimum absolute atomic E-state index is 0.104. The van der Waals surface area contributed by atoms with Crippen molar-refractivity contribution in [2.24, 2.45) is 0 Å². The summed E-state index contributed by atoms with van der Waals surface area (Å²) in [6.45, 7) is 4.37. The van der Waals surface area contributed by atoms with Crippen molar-refractivity contribution in [3.05, 3.63) is 47.4 Å². The minimum atomic E-state index is -0.451. The molecule has 6 heteroatoms. The third-order valence-corrected chi connectivity index (χ3v) is 4.95. The van der Waals surface area contributed by atoms with Gasteiger partial charge in [-0.1, -0.05) is 18.2 Å². The molecule has 26 heavy (non-hydrogen) atoms. The van der Waals surface area contributed by atoms with Crippen LogP contribution in [0.3, 0.4) is 0 Å². The number of amides is 1.